The third kappa shape index (κ3) is 18.7. The van der Waals surface area contributed by atoms with Crippen LogP contribution < -0.4 is 10.1 Å². The summed E-state index contributed by atoms with van der Waals surface area (Å²) in [5.74, 6) is -8.52. The van der Waals surface area contributed by atoms with Crippen molar-refractivity contribution in [2.45, 2.75) is 234 Å². The number of ether oxygens (including phenoxy) is 17. The molecule has 0 aliphatic carbocycles. The second kappa shape index (κ2) is 32.2. The lowest BCUT2D eigenvalue weighted by molar-refractivity contribution is -0.382. The van der Waals surface area contributed by atoms with Crippen LogP contribution in [0.15, 0.2) is 30.3 Å². The molecule has 1 aromatic carbocycles. The molecule has 26 heteroatoms. The number of para-hydroxylation sites is 1. The highest BCUT2D eigenvalue weighted by atomic mass is 16.8. The number of benzene rings is 1. The van der Waals surface area contributed by atoms with Gasteiger partial charge in [0.2, 0.25) is 0 Å². The maximum absolute atomic E-state index is 13.7. The van der Waals surface area contributed by atoms with Gasteiger partial charge in [-0.1, -0.05) is 80.5 Å². The minimum atomic E-state index is -1.72. The number of rotatable bonds is 24. The van der Waals surface area contributed by atoms with Crippen LogP contribution in [0.5, 0.6) is 5.75 Å². The minimum Gasteiger partial charge on any atom is -0.484 e. The SMILES string of the molecule is CCC1O[C@@H](O[C@@H]2C(OC(C)=O)[C@H](O[C@@H]3C(OC(C)=O)[C@H](O[C@@H]4C(OC(C)=O)[C@H](OC5[C@H](NC(=O)COc6ccccc6)OC(CC)[C@H](C)[C@@H]5C)OC(COC(C)=O)[C@@H]4C)OC(COC(C)=O)[C@@H]3C)OC(COC(C)=O)[C@@H]2C)C(OC(C)=O)[C@@H](C)[C@H]1C. The number of carbonyl (C=O) groups is 8. The van der Waals surface area contributed by atoms with Crippen LogP contribution in [0, 0.1) is 41.4 Å². The quantitative estimate of drug-likeness (QED) is 0.105. The zero-order chi connectivity index (χ0) is 64.1. The van der Waals surface area contributed by atoms with E-state index in [9.17, 15) is 38.4 Å². The Labute approximate surface area is 508 Å². The van der Waals surface area contributed by atoms with Crippen LogP contribution in [-0.4, -0.2) is 185 Å². The Hall–Kier alpha value is -5.58. The summed E-state index contributed by atoms with van der Waals surface area (Å²) in [5.41, 5.74) is 0. The molecular weight excluding hydrogens is 1150 g/mol. The molecule has 5 heterocycles. The van der Waals surface area contributed by atoms with Crippen molar-refractivity contribution in [2.24, 2.45) is 41.4 Å². The van der Waals surface area contributed by atoms with Gasteiger partial charge in [0.15, 0.2) is 62.4 Å². The highest BCUT2D eigenvalue weighted by Gasteiger charge is 2.58. The van der Waals surface area contributed by atoms with Crippen LogP contribution in [0.4, 0.5) is 0 Å². The second-order valence-electron chi connectivity index (χ2n) is 23.4. The normalized spacial score (nSPS) is 37.7. The number of carbonyl (C=O) groups excluding carboxylic acids is 8. The van der Waals surface area contributed by atoms with Crippen molar-refractivity contribution >= 4 is 47.7 Å². The van der Waals surface area contributed by atoms with E-state index in [4.69, 9.17) is 80.5 Å². The summed E-state index contributed by atoms with van der Waals surface area (Å²) in [7, 11) is 0. The smallest absolute Gasteiger partial charge is 0.303 e. The molecule has 5 fully saturated rings. The molecule has 0 saturated carbocycles. The molecule has 87 heavy (non-hydrogen) atoms. The largest absolute Gasteiger partial charge is 0.484 e. The molecule has 1 amide bonds. The first-order chi connectivity index (χ1) is 41.1. The summed E-state index contributed by atoms with van der Waals surface area (Å²) >= 11 is 0. The van der Waals surface area contributed by atoms with Gasteiger partial charge < -0.3 is 85.8 Å². The zero-order valence-electron chi connectivity index (χ0n) is 52.8. The third-order valence-corrected chi connectivity index (χ3v) is 17.0. The Morgan fingerprint density at radius 2 is 0.701 bits per heavy atom. The van der Waals surface area contributed by atoms with Crippen molar-refractivity contribution in [3.8, 4) is 5.75 Å². The number of esters is 7. The van der Waals surface area contributed by atoms with Crippen LogP contribution >= 0.6 is 0 Å². The predicted octanol–water partition coefficient (Wildman–Crippen LogP) is 5.04. The average Bonchev–Trinajstić information content (AvgIpc) is 2.07. The van der Waals surface area contributed by atoms with Crippen molar-refractivity contribution in [2.75, 3.05) is 26.4 Å². The Morgan fingerprint density at radius 1 is 0.379 bits per heavy atom. The fourth-order valence-electron chi connectivity index (χ4n) is 11.9. The zero-order valence-corrected chi connectivity index (χ0v) is 52.8. The van der Waals surface area contributed by atoms with Gasteiger partial charge in [-0.25, -0.2) is 0 Å². The lowest BCUT2D eigenvalue weighted by Gasteiger charge is -2.52. The predicted molar refractivity (Wildman–Crippen MR) is 300 cm³/mol. The van der Waals surface area contributed by atoms with Gasteiger partial charge in [-0.3, -0.25) is 38.4 Å². The second-order valence-corrected chi connectivity index (χ2v) is 23.4. The molecule has 0 bridgehead atoms. The highest BCUT2D eigenvalue weighted by Crippen LogP contribution is 2.43. The van der Waals surface area contributed by atoms with Crippen LogP contribution in [-0.2, 0) is 114 Å². The lowest BCUT2D eigenvalue weighted by atomic mass is 9.81. The maximum atomic E-state index is 13.7. The Morgan fingerprint density at radius 3 is 1.06 bits per heavy atom. The van der Waals surface area contributed by atoms with E-state index in [2.05, 4.69) is 5.32 Å². The molecule has 10 unspecified atom stereocenters. The number of nitrogens with one attached hydrogen (secondary N) is 1. The van der Waals surface area contributed by atoms with Crippen LogP contribution in [0.3, 0.4) is 0 Å². The van der Waals surface area contributed by atoms with E-state index >= 15 is 0 Å². The first-order valence-corrected chi connectivity index (χ1v) is 30.1. The molecule has 25 atom stereocenters. The standard InChI is InChI=1S/C61H91NO25/c1-17-43-28(3)30(5)52(57(79-43)62-48(70)27-74-42-22-20-19-21-23-42)87-61-56(78-41(16)69)51(34(9)47(83-61)26-73-37(12)65)86-60-55(77-40(15)68)50(33(8)46(82-60)25-72-36(11)64)85-59-54(76-39(14)67)49(32(7)45(81-59)24-71-35(10)63)84-58-53(75-38(13)66)31(6)29(4)44(18-2)80-58/h19-23,28-34,43-47,49-61H,17-18,24-27H2,1-16H3,(H,62,70)/t28-,29-,30+,31+,32+,33+,34+,43?,44?,45?,46?,47?,49+,50+,51+,52?,53?,54?,55?,56?,57-,58+,59+,60+,61+/m1/s1. The van der Waals surface area contributed by atoms with Gasteiger partial charge in [0.25, 0.3) is 5.91 Å². The Balaban J connectivity index is 1.42. The molecule has 6 rings (SSSR count). The van der Waals surface area contributed by atoms with Gasteiger partial charge in [0.05, 0.1) is 12.2 Å². The van der Waals surface area contributed by atoms with E-state index in [1.54, 1.807) is 45.0 Å². The number of hydrogen-bond donors (Lipinski definition) is 1. The van der Waals surface area contributed by atoms with Crippen LogP contribution in [0.1, 0.15) is 124 Å². The molecule has 0 radical (unpaired) electrons. The topological polar surface area (TPSA) is 305 Å². The fourth-order valence-corrected chi connectivity index (χ4v) is 11.9. The summed E-state index contributed by atoms with van der Waals surface area (Å²) in [6, 6.07) is 8.76. The molecule has 5 aliphatic heterocycles. The average molecular weight is 1240 g/mol. The van der Waals surface area contributed by atoms with Crippen molar-refractivity contribution < 1.29 is 119 Å². The van der Waals surface area contributed by atoms with E-state index in [1.807, 2.05) is 47.6 Å². The van der Waals surface area contributed by atoms with E-state index in [-0.39, 0.29) is 55.7 Å². The molecule has 0 aromatic heterocycles. The number of amides is 1. The summed E-state index contributed by atoms with van der Waals surface area (Å²) in [4.78, 5) is 104. The van der Waals surface area contributed by atoms with Crippen molar-refractivity contribution in [3.05, 3.63) is 30.3 Å². The fraction of sp³-hybridized carbons (Fsp3) is 0.770. The van der Waals surface area contributed by atoms with Gasteiger partial charge in [0, 0.05) is 72.1 Å². The van der Waals surface area contributed by atoms with Crippen molar-refractivity contribution in [1.82, 2.24) is 5.32 Å². The summed E-state index contributed by atoms with van der Waals surface area (Å²) in [6.45, 7) is 23.6. The lowest BCUT2D eigenvalue weighted by Crippen LogP contribution is -2.66. The van der Waals surface area contributed by atoms with Gasteiger partial charge in [0.1, 0.15) is 68.3 Å². The van der Waals surface area contributed by atoms with Gasteiger partial charge in [-0.15, -0.1) is 0 Å². The molecule has 1 N–H and O–H groups in total. The van der Waals surface area contributed by atoms with E-state index in [1.165, 1.54) is 34.6 Å². The molecule has 490 valence electrons. The van der Waals surface area contributed by atoms with E-state index in [0.29, 0.717) is 18.6 Å². The monoisotopic (exact) mass is 1240 g/mol. The van der Waals surface area contributed by atoms with Gasteiger partial charge in [-0.2, -0.15) is 0 Å². The Kier molecular flexibility index (Phi) is 26.1. The van der Waals surface area contributed by atoms with Gasteiger partial charge >= 0.3 is 41.8 Å². The first-order valence-electron chi connectivity index (χ1n) is 30.1. The maximum Gasteiger partial charge on any atom is 0.303 e. The number of hydrogen-bond acceptors (Lipinski definition) is 25. The van der Waals surface area contributed by atoms with E-state index < -0.39 is 171 Å². The van der Waals surface area contributed by atoms with Crippen LogP contribution in [0.25, 0.3) is 0 Å². The molecule has 1 aromatic rings. The minimum absolute atomic E-state index is 0.0796. The van der Waals surface area contributed by atoms with E-state index in [0.717, 1.165) is 13.8 Å². The highest BCUT2D eigenvalue weighted by molar-refractivity contribution is 5.77. The van der Waals surface area contributed by atoms with Crippen molar-refractivity contribution in [3.63, 3.8) is 0 Å². The molecule has 0 spiro atoms. The molecule has 5 saturated heterocycles. The molecule has 5 aliphatic rings. The van der Waals surface area contributed by atoms with Crippen molar-refractivity contribution in [1.29, 1.82) is 0 Å². The molecular formula is C61H91NO25. The summed E-state index contributed by atoms with van der Waals surface area (Å²) < 4.78 is 107. The Bertz CT molecular complexity index is 2470. The summed E-state index contributed by atoms with van der Waals surface area (Å²) in [5, 5.41) is 2.91. The van der Waals surface area contributed by atoms with Crippen LogP contribution in [0.2, 0.25) is 0 Å². The summed E-state index contributed by atoms with van der Waals surface area (Å²) in [6.07, 6.45) is -20.5. The van der Waals surface area contributed by atoms with Gasteiger partial charge in [-0.05, 0) is 42.7 Å². The molecule has 26 nitrogen and oxygen atoms in total. The first kappa shape index (κ1) is 70.5. The third-order valence-electron chi connectivity index (χ3n) is 17.0.